The molecule has 0 unspecified atom stereocenters. The largest absolute Gasteiger partial charge is 0.384 e. The highest BCUT2D eigenvalue weighted by Gasteiger charge is 2.26. The van der Waals surface area contributed by atoms with E-state index in [9.17, 15) is 8.42 Å². The van der Waals surface area contributed by atoms with Crippen molar-refractivity contribution in [3.05, 3.63) is 18.3 Å². The van der Waals surface area contributed by atoms with Gasteiger partial charge in [-0.15, -0.1) is 0 Å². The molecule has 6 nitrogen and oxygen atoms in total. The Hall–Kier alpha value is -1.34. The van der Waals surface area contributed by atoms with E-state index in [0.29, 0.717) is 44.3 Å². The summed E-state index contributed by atoms with van der Waals surface area (Å²) in [5, 5.41) is 0. The monoisotopic (exact) mass is 312 g/mol. The number of nitrogen functional groups attached to an aromatic ring is 1. The number of piperazine rings is 1. The molecule has 2 N–H and O–H groups in total. The molecule has 1 fully saturated rings. The van der Waals surface area contributed by atoms with E-state index in [1.54, 1.807) is 16.6 Å². The molecule has 1 aliphatic heterocycles. The van der Waals surface area contributed by atoms with Crippen molar-refractivity contribution in [1.82, 2.24) is 9.29 Å². The number of anilines is 2. The summed E-state index contributed by atoms with van der Waals surface area (Å²) in [5.74, 6) is 1.14. The van der Waals surface area contributed by atoms with Crippen molar-refractivity contribution in [2.75, 3.05) is 42.6 Å². The maximum Gasteiger partial charge on any atom is 0.214 e. The molecule has 1 aromatic heterocycles. The van der Waals surface area contributed by atoms with Crippen LogP contribution in [-0.2, 0) is 10.0 Å². The molecule has 2 heterocycles. The molecule has 1 aliphatic rings. The predicted molar refractivity (Wildman–Crippen MR) is 85.7 cm³/mol. The Kier molecular flexibility index (Phi) is 5.05. The van der Waals surface area contributed by atoms with Crippen LogP contribution in [0.4, 0.5) is 11.5 Å². The topological polar surface area (TPSA) is 79.5 Å². The lowest BCUT2D eigenvalue weighted by Gasteiger charge is -2.35. The van der Waals surface area contributed by atoms with Gasteiger partial charge in [-0.3, -0.25) is 0 Å². The Morgan fingerprint density at radius 1 is 1.24 bits per heavy atom. The Morgan fingerprint density at radius 2 is 1.90 bits per heavy atom. The van der Waals surface area contributed by atoms with Crippen LogP contribution in [0.5, 0.6) is 0 Å². The SMILES string of the molecule is CC(C)CCS(=O)(=O)N1CCN(c2ccc(N)nc2)CC1. The fourth-order valence-electron chi connectivity index (χ4n) is 2.32. The van der Waals surface area contributed by atoms with Crippen molar-refractivity contribution in [2.45, 2.75) is 20.3 Å². The smallest absolute Gasteiger partial charge is 0.214 e. The second kappa shape index (κ2) is 6.62. The zero-order valence-corrected chi connectivity index (χ0v) is 13.5. The highest BCUT2D eigenvalue weighted by Crippen LogP contribution is 2.18. The third kappa shape index (κ3) is 4.31. The molecule has 0 radical (unpaired) electrons. The van der Waals surface area contributed by atoms with E-state index in [-0.39, 0.29) is 5.75 Å². The Balaban J connectivity index is 1.92. The van der Waals surface area contributed by atoms with Crippen LogP contribution < -0.4 is 10.6 Å². The van der Waals surface area contributed by atoms with Crippen LogP contribution in [0.3, 0.4) is 0 Å². The van der Waals surface area contributed by atoms with Gasteiger partial charge in [-0.2, -0.15) is 4.31 Å². The van der Waals surface area contributed by atoms with Gasteiger partial charge in [-0.1, -0.05) is 13.8 Å². The summed E-state index contributed by atoms with van der Waals surface area (Å²) >= 11 is 0. The van der Waals surface area contributed by atoms with Crippen molar-refractivity contribution in [3.63, 3.8) is 0 Å². The van der Waals surface area contributed by atoms with Crippen molar-refractivity contribution >= 4 is 21.5 Å². The first-order valence-corrected chi connectivity index (χ1v) is 8.94. The maximum atomic E-state index is 12.3. The number of rotatable bonds is 5. The number of hydrogen-bond acceptors (Lipinski definition) is 5. The van der Waals surface area contributed by atoms with E-state index in [4.69, 9.17) is 5.73 Å². The van der Waals surface area contributed by atoms with Crippen LogP contribution in [0, 0.1) is 5.92 Å². The maximum absolute atomic E-state index is 12.3. The fourth-order valence-corrected chi connectivity index (χ4v) is 4.07. The van der Waals surface area contributed by atoms with E-state index in [2.05, 4.69) is 9.88 Å². The van der Waals surface area contributed by atoms with Crippen molar-refractivity contribution in [1.29, 1.82) is 0 Å². The van der Waals surface area contributed by atoms with Gasteiger partial charge in [0.25, 0.3) is 0 Å². The lowest BCUT2D eigenvalue weighted by atomic mass is 10.2. The Morgan fingerprint density at radius 3 is 2.43 bits per heavy atom. The van der Waals surface area contributed by atoms with Gasteiger partial charge < -0.3 is 10.6 Å². The van der Waals surface area contributed by atoms with E-state index >= 15 is 0 Å². The summed E-state index contributed by atoms with van der Waals surface area (Å²) in [7, 11) is -3.12. The van der Waals surface area contributed by atoms with Crippen LogP contribution in [0.1, 0.15) is 20.3 Å². The van der Waals surface area contributed by atoms with E-state index in [1.165, 1.54) is 0 Å². The zero-order valence-electron chi connectivity index (χ0n) is 12.7. The van der Waals surface area contributed by atoms with Gasteiger partial charge in [0.2, 0.25) is 10.0 Å². The van der Waals surface area contributed by atoms with Gasteiger partial charge >= 0.3 is 0 Å². The number of sulfonamides is 1. The summed E-state index contributed by atoms with van der Waals surface area (Å²) < 4.78 is 26.1. The summed E-state index contributed by atoms with van der Waals surface area (Å²) in [4.78, 5) is 6.21. The number of nitrogens with two attached hydrogens (primary N) is 1. The number of hydrogen-bond donors (Lipinski definition) is 1. The second-order valence-electron chi connectivity index (χ2n) is 5.83. The highest BCUT2D eigenvalue weighted by molar-refractivity contribution is 7.89. The standard InChI is InChI=1S/C14H24N4O2S/c1-12(2)5-10-21(19,20)18-8-6-17(7-9-18)13-3-4-14(15)16-11-13/h3-4,11-12H,5-10H2,1-2H3,(H2,15,16). The van der Waals surface area contributed by atoms with E-state index < -0.39 is 10.0 Å². The van der Waals surface area contributed by atoms with Gasteiger partial charge in [0.1, 0.15) is 5.82 Å². The first-order chi connectivity index (χ1) is 9.88. The van der Waals surface area contributed by atoms with Gasteiger partial charge in [0.05, 0.1) is 17.6 Å². The van der Waals surface area contributed by atoms with Crippen LogP contribution in [0.25, 0.3) is 0 Å². The van der Waals surface area contributed by atoms with Crippen LogP contribution in [-0.4, -0.2) is 49.6 Å². The molecule has 0 atom stereocenters. The van der Waals surface area contributed by atoms with E-state index in [1.807, 2.05) is 19.9 Å². The fraction of sp³-hybridized carbons (Fsp3) is 0.643. The Bertz CT molecular complexity index is 549. The molecule has 0 saturated carbocycles. The molecule has 7 heteroatoms. The van der Waals surface area contributed by atoms with E-state index in [0.717, 1.165) is 5.69 Å². The zero-order chi connectivity index (χ0) is 15.5. The van der Waals surface area contributed by atoms with Crippen LogP contribution in [0.15, 0.2) is 18.3 Å². The molecule has 1 saturated heterocycles. The molecule has 118 valence electrons. The minimum Gasteiger partial charge on any atom is -0.384 e. The number of nitrogens with zero attached hydrogens (tertiary/aromatic N) is 3. The second-order valence-corrected chi connectivity index (χ2v) is 7.91. The summed E-state index contributed by atoms with van der Waals surface area (Å²) in [6.45, 7) is 6.53. The molecular formula is C14H24N4O2S. The van der Waals surface area contributed by atoms with Crippen molar-refractivity contribution in [2.24, 2.45) is 5.92 Å². The van der Waals surface area contributed by atoms with Gasteiger partial charge in [-0.05, 0) is 24.5 Å². The Labute approximate surface area is 127 Å². The molecular weight excluding hydrogens is 288 g/mol. The molecule has 0 aliphatic carbocycles. The summed E-state index contributed by atoms with van der Waals surface area (Å²) in [6, 6.07) is 3.69. The average molecular weight is 312 g/mol. The highest BCUT2D eigenvalue weighted by atomic mass is 32.2. The van der Waals surface area contributed by atoms with Gasteiger partial charge in [0, 0.05) is 26.2 Å². The van der Waals surface area contributed by atoms with Crippen molar-refractivity contribution in [3.8, 4) is 0 Å². The van der Waals surface area contributed by atoms with Crippen molar-refractivity contribution < 1.29 is 8.42 Å². The minimum absolute atomic E-state index is 0.244. The van der Waals surface area contributed by atoms with Gasteiger partial charge in [0.15, 0.2) is 0 Å². The third-order valence-electron chi connectivity index (χ3n) is 3.72. The van der Waals surface area contributed by atoms with Crippen LogP contribution in [0.2, 0.25) is 0 Å². The lowest BCUT2D eigenvalue weighted by Crippen LogP contribution is -2.49. The molecule has 0 spiro atoms. The molecule has 2 rings (SSSR count). The lowest BCUT2D eigenvalue weighted by molar-refractivity contribution is 0.382. The minimum atomic E-state index is -3.12. The van der Waals surface area contributed by atoms with Gasteiger partial charge in [-0.25, -0.2) is 13.4 Å². The molecule has 0 amide bonds. The predicted octanol–water partition coefficient (Wildman–Crippen LogP) is 1.16. The summed E-state index contributed by atoms with van der Waals surface area (Å²) in [5.41, 5.74) is 6.57. The summed E-state index contributed by atoms with van der Waals surface area (Å²) in [6.07, 6.45) is 2.45. The molecule has 21 heavy (non-hydrogen) atoms. The normalized spacial score (nSPS) is 17.4. The first-order valence-electron chi connectivity index (χ1n) is 7.33. The average Bonchev–Trinajstić information content (AvgIpc) is 2.46. The quantitative estimate of drug-likeness (QED) is 0.882. The number of aromatic nitrogens is 1. The first kappa shape index (κ1) is 16.0. The molecule has 1 aromatic rings. The third-order valence-corrected chi connectivity index (χ3v) is 5.62. The molecule has 0 bridgehead atoms. The molecule has 0 aromatic carbocycles. The number of pyridine rings is 1. The van der Waals surface area contributed by atoms with Crippen LogP contribution >= 0.6 is 0 Å².